The third kappa shape index (κ3) is 3.19. The maximum absolute atomic E-state index is 12.5. The molecular weight excluding hydrogens is 292 g/mol. The van der Waals surface area contributed by atoms with Crippen LogP contribution < -0.4 is 9.47 Å². The highest BCUT2D eigenvalue weighted by Crippen LogP contribution is 2.25. The Morgan fingerprint density at radius 3 is 2.24 bits per heavy atom. The maximum Gasteiger partial charge on any atom is 0.169 e. The van der Waals surface area contributed by atoms with Crippen LogP contribution in [0, 0.1) is 6.92 Å². The summed E-state index contributed by atoms with van der Waals surface area (Å²) in [5.74, 6) is 1.08. The molecule has 21 heavy (non-hydrogen) atoms. The molecule has 112 valence electrons. The van der Waals surface area contributed by atoms with E-state index >= 15 is 0 Å². The lowest BCUT2D eigenvalue weighted by Gasteiger charge is -2.08. The molecule has 1 aromatic carbocycles. The number of aryl methyl sites for hydroxylation is 2. The summed E-state index contributed by atoms with van der Waals surface area (Å²) in [6.45, 7) is 1.81. The zero-order valence-corrected chi connectivity index (χ0v) is 13.2. The number of methoxy groups -OCH3 is 2. The van der Waals surface area contributed by atoms with E-state index in [1.54, 1.807) is 44.1 Å². The maximum atomic E-state index is 12.5. The van der Waals surface area contributed by atoms with Crippen LogP contribution in [0.25, 0.3) is 0 Å². The first-order valence-electron chi connectivity index (χ1n) is 6.40. The average Bonchev–Trinajstić information content (AvgIpc) is 2.72. The Hall–Kier alpha value is -2.01. The van der Waals surface area contributed by atoms with E-state index in [4.69, 9.17) is 21.1 Å². The largest absolute Gasteiger partial charge is 0.497 e. The van der Waals surface area contributed by atoms with E-state index in [1.165, 1.54) is 0 Å². The number of benzene rings is 1. The van der Waals surface area contributed by atoms with Crippen molar-refractivity contribution < 1.29 is 14.3 Å². The summed E-state index contributed by atoms with van der Waals surface area (Å²) in [6, 6.07) is 5.09. The summed E-state index contributed by atoms with van der Waals surface area (Å²) in [7, 11) is 4.86. The topological polar surface area (TPSA) is 53.4 Å². The average molecular weight is 309 g/mol. The number of halogens is 1. The number of aromatic nitrogens is 2. The molecule has 0 aliphatic rings. The molecule has 0 bridgehead atoms. The Balaban J connectivity index is 2.32. The molecule has 0 radical (unpaired) electrons. The minimum absolute atomic E-state index is 0.0721. The van der Waals surface area contributed by atoms with Gasteiger partial charge < -0.3 is 9.47 Å². The van der Waals surface area contributed by atoms with Gasteiger partial charge in [-0.15, -0.1) is 0 Å². The van der Waals surface area contributed by atoms with Gasteiger partial charge in [0.05, 0.1) is 37.1 Å². The molecule has 2 aromatic rings. The van der Waals surface area contributed by atoms with E-state index in [0.717, 1.165) is 0 Å². The first-order chi connectivity index (χ1) is 9.96. The summed E-state index contributed by atoms with van der Waals surface area (Å²) in [5.41, 5.74) is 1.92. The van der Waals surface area contributed by atoms with Crippen molar-refractivity contribution in [3.8, 4) is 11.5 Å². The van der Waals surface area contributed by atoms with E-state index in [1.807, 2.05) is 6.92 Å². The summed E-state index contributed by atoms with van der Waals surface area (Å²) < 4.78 is 12.0. The number of rotatable bonds is 5. The molecule has 2 rings (SSSR count). The summed E-state index contributed by atoms with van der Waals surface area (Å²) in [4.78, 5) is 12.5. The smallest absolute Gasteiger partial charge is 0.169 e. The van der Waals surface area contributed by atoms with Crippen LogP contribution in [0.1, 0.15) is 21.7 Å². The molecule has 0 atom stereocenters. The molecule has 0 aliphatic heterocycles. The second kappa shape index (κ2) is 6.18. The molecule has 0 unspecified atom stereocenters. The fraction of sp³-hybridized carbons (Fsp3) is 0.333. The summed E-state index contributed by atoms with van der Waals surface area (Å²) >= 11 is 6.18. The van der Waals surface area contributed by atoms with Gasteiger partial charge >= 0.3 is 0 Å². The van der Waals surface area contributed by atoms with Gasteiger partial charge in [-0.05, 0) is 19.1 Å². The first kappa shape index (κ1) is 15.4. The van der Waals surface area contributed by atoms with Crippen LogP contribution in [0.5, 0.6) is 11.5 Å². The highest BCUT2D eigenvalue weighted by Gasteiger charge is 2.17. The highest BCUT2D eigenvalue weighted by atomic mass is 35.5. The number of ether oxygens (including phenoxy) is 2. The van der Waals surface area contributed by atoms with Gasteiger partial charge in [-0.2, -0.15) is 5.10 Å². The summed E-state index contributed by atoms with van der Waals surface area (Å²) in [6.07, 6.45) is 0.173. The third-order valence-electron chi connectivity index (χ3n) is 3.26. The second-order valence-corrected chi connectivity index (χ2v) is 5.05. The van der Waals surface area contributed by atoms with Gasteiger partial charge in [-0.25, -0.2) is 0 Å². The SMILES string of the molecule is COc1cc(OC)cc(C(=O)Cc2c(Cl)c(C)nn2C)c1. The van der Waals surface area contributed by atoms with E-state index in [0.29, 0.717) is 33.5 Å². The molecule has 0 saturated heterocycles. The van der Waals surface area contributed by atoms with Crippen molar-refractivity contribution in [1.29, 1.82) is 0 Å². The Bertz CT molecular complexity index is 658. The van der Waals surface area contributed by atoms with Crippen LogP contribution >= 0.6 is 11.6 Å². The Kier molecular flexibility index (Phi) is 4.53. The van der Waals surface area contributed by atoms with Crippen LogP contribution in [0.3, 0.4) is 0 Å². The van der Waals surface area contributed by atoms with Crippen molar-refractivity contribution >= 4 is 17.4 Å². The Morgan fingerprint density at radius 2 is 1.81 bits per heavy atom. The molecular formula is C15H17ClN2O3. The van der Waals surface area contributed by atoms with Crippen LogP contribution in [0.15, 0.2) is 18.2 Å². The molecule has 0 saturated carbocycles. The van der Waals surface area contributed by atoms with Gasteiger partial charge in [0.15, 0.2) is 5.78 Å². The van der Waals surface area contributed by atoms with Crippen LogP contribution in [-0.4, -0.2) is 29.8 Å². The predicted octanol–water partition coefficient (Wildman–Crippen LogP) is 2.82. The van der Waals surface area contributed by atoms with Crippen molar-refractivity contribution in [1.82, 2.24) is 9.78 Å². The standard InChI is InChI=1S/C15H17ClN2O3/c1-9-15(16)13(18(2)17-9)8-14(19)10-5-11(20-3)7-12(6-10)21-4/h5-7H,8H2,1-4H3. The monoisotopic (exact) mass is 308 g/mol. The summed E-state index contributed by atoms with van der Waals surface area (Å²) in [5, 5.41) is 4.74. The third-order valence-corrected chi connectivity index (χ3v) is 3.75. The zero-order valence-electron chi connectivity index (χ0n) is 12.4. The minimum Gasteiger partial charge on any atom is -0.497 e. The second-order valence-electron chi connectivity index (χ2n) is 4.67. The molecule has 0 N–H and O–H groups in total. The first-order valence-corrected chi connectivity index (χ1v) is 6.78. The van der Waals surface area contributed by atoms with Crippen molar-refractivity contribution in [3.63, 3.8) is 0 Å². The number of ketones is 1. The van der Waals surface area contributed by atoms with E-state index in [-0.39, 0.29) is 12.2 Å². The number of hydrogen-bond acceptors (Lipinski definition) is 4. The van der Waals surface area contributed by atoms with Crippen LogP contribution in [0.2, 0.25) is 5.02 Å². The molecule has 5 nitrogen and oxygen atoms in total. The number of hydrogen-bond donors (Lipinski definition) is 0. The van der Waals surface area contributed by atoms with Crippen molar-refractivity contribution in [2.75, 3.05) is 14.2 Å². The van der Waals surface area contributed by atoms with E-state index < -0.39 is 0 Å². The number of carbonyl (C=O) groups is 1. The highest BCUT2D eigenvalue weighted by molar-refractivity contribution is 6.32. The van der Waals surface area contributed by atoms with Gasteiger partial charge in [0.1, 0.15) is 11.5 Å². The minimum atomic E-state index is -0.0721. The normalized spacial score (nSPS) is 10.5. The number of carbonyl (C=O) groups excluding carboxylic acids is 1. The molecule has 1 heterocycles. The number of Topliss-reactive ketones (excluding diaryl/α,β-unsaturated/α-hetero) is 1. The van der Waals surface area contributed by atoms with Gasteiger partial charge in [0, 0.05) is 18.7 Å². The Morgan fingerprint density at radius 1 is 1.24 bits per heavy atom. The molecule has 0 spiro atoms. The molecule has 1 aromatic heterocycles. The van der Waals surface area contributed by atoms with Gasteiger partial charge in [0.2, 0.25) is 0 Å². The Labute approximate surface area is 128 Å². The van der Waals surface area contributed by atoms with E-state index in [9.17, 15) is 4.79 Å². The van der Waals surface area contributed by atoms with Gasteiger partial charge in [-0.1, -0.05) is 11.6 Å². The predicted molar refractivity (Wildman–Crippen MR) is 80.5 cm³/mol. The fourth-order valence-corrected chi connectivity index (χ4v) is 2.32. The molecule has 0 amide bonds. The molecule has 0 aliphatic carbocycles. The van der Waals surface area contributed by atoms with Gasteiger partial charge in [0.25, 0.3) is 0 Å². The lowest BCUT2D eigenvalue weighted by Crippen LogP contribution is -2.09. The van der Waals surface area contributed by atoms with Crippen molar-refractivity contribution in [2.45, 2.75) is 13.3 Å². The lowest BCUT2D eigenvalue weighted by atomic mass is 10.1. The fourth-order valence-electron chi connectivity index (χ4n) is 2.09. The van der Waals surface area contributed by atoms with Crippen LogP contribution in [0.4, 0.5) is 0 Å². The molecule has 0 fully saturated rings. The zero-order chi connectivity index (χ0) is 15.6. The van der Waals surface area contributed by atoms with Crippen molar-refractivity contribution in [3.05, 3.63) is 40.2 Å². The lowest BCUT2D eigenvalue weighted by molar-refractivity contribution is 0.0990. The molecule has 6 heteroatoms. The van der Waals surface area contributed by atoms with Crippen molar-refractivity contribution in [2.24, 2.45) is 7.05 Å². The quantitative estimate of drug-likeness (QED) is 0.797. The van der Waals surface area contributed by atoms with E-state index in [2.05, 4.69) is 5.10 Å². The number of nitrogens with zero attached hydrogens (tertiary/aromatic N) is 2. The van der Waals surface area contributed by atoms with Crippen LogP contribution in [-0.2, 0) is 13.5 Å². The van der Waals surface area contributed by atoms with Gasteiger partial charge in [-0.3, -0.25) is 9.48 Å².